The van der Waals surface area contributed by atoms with Gasteiger partial charge >= 0.3 is 0 Å². The highest BCUT2D eigenvalue weighted by molar-refractivity contribution is 5.40. The van der Waals surface area contributed by atoms with Crippen LogP contribution in [-0.4, -0.2) is 20.2 Å². The number of aryl methyl sites for hydroxylation is 1. The van der Waals surface area contributed by atoms with Gasteiger partial charge in [-0.2, -0.15) is 4.68 Å². The lowest BCUT2D eigenvalue weighted by Gasteiger charge is -2.09. The molecule has 0 amide bonds. The van der Waals surface area contributed by atoms with Crippen LogP contribution in [0.25, 0.3) is 5.69 Å². The fraction of sp³-hybridized carbons (Fsp3) is 0.300. The Morgan fingerprint density at radius 2 is 2.19 bits per heavy atom. The van der Waals surface area contributed by atoms with Crippen LogP contribution in [0.5, 0.6) is 0 Å². The van der Waals surface area contributed by atoms with Crippen LogP contribution < -0.4 is 5.73 Å². The van der Waals surface area contributed by atoms with E-state index in [2.05, 4.69) is 15.5 Å². The first kappa shape index (κ1) is 10.7. The van der Waals surface area contributed by atoms with Gasteiger partial charge in [-0.3, -0.25) is 0 Å². The molecule has 0 aliphatic carbocycles. The van der Waals surface area contributed by atoms with Crippen molar-refractivity contribution in [3.63, 3.8) is 0 Å². The Bertz CT molecular complexity index is 506. The number of hydrogen-bond acceptors (Lipinski definition) is 4. The maximum atomic E-state index is 13.2. The van der Waals surface area contributed by atoms with E-state index in [-0.39, 0.29) is 11.9 Å². The van der Waals surface area contributed by atoms with Crippen molar-refractivity contribution in [2.45, 2.75) is 19.9 Å². The highest BCUT2D eigenvalue weighted by Crippen LogP contribution is 2.17. The van der Waals surface area contributed by atoms with Crippen LogP contribution in [0.15, 0.2) is 18.2 Å². The normalized spacial score (nSPS) is 12.8. The molecule has 0 radical (unpaired) electrons. The van der Waals surface area contributed by atoms with Crippen molar-refractivity contribution in [3.05, 3.63) is 35.4 Å². The van der Waals surface area contributed by atoms with E-state index in [0.29, 0.717) is 11.5 Å². The SMILES string of the molecule is Cc1ccc(F)cc1-n1nnnc1C(C)N. The minimum Gasteiger partial charge on any atom is -0.321 e. The van der Waals surface area contributed by atoms with Crippen LogP contribution in [-0.2, 0) is 0 Å². The third-order valence-electron chi connectivity index (χ3n) is 2.30. The molecule has 1 atom stereocenters. The zero-order valence-electron chi connectivity index (χ0n) is 9.05. The molecule has 0 spiro atoms. The van der Waals surface area contributed by atoms with Crippen LogP contribution >= 0.6 is 0 Å². The fourth-order valence-electron chi connectivity index (χ4n) is 1.46. The van der Waals surface area contributed by atoms with Crippen LogP contribution in [0.1, 0.15) is 24.4 Å². The average molecular weight is 221 g/mol. The van der Waals surface area contributed by atoms with E-state index in [9.17, 15) is 4.39 Å². The van der Waals surface area contributed by atoms with Crippen molar-refractivity contribution in [1.29, 1.82) is 0 Å². The molecule has 0 saturated heterocycles. The molecule has 0 saturated carbocycles. The highest BCUT2D eigenvalue weighted by atomic mass is 19.1. The standard InChI is InChI=1S/C10H12FN5/c1-6-3-4-8(11)5-9(6)16-10(7(2)12)13-14-15-16/h3-5,7H,12H2,1-2H3. The number of nitrogens with two attached hydrogens (primary N) is 1. The molecule has 5 nitrogen and oxygen atoms in total. The molecule has 0 fully saturated rings. The van der Waals surface area contributed by atoms with E-state index < -0.39 is 0 Å². The summed E-state index contributed by atoms with van der Waals surface area (Å²) in [5, 5.41) is 11.2. The Hall–Kier alpha value is -1.82. The van der Waals surface area contributed by atoms with Crippen LogP contribution in [0.4, 0.5) is 4.39 Å². The minimum atomic E-state index is -0.327. The summed E-state index contributed by atoms with van der Waals surface area (Å²) in [6.07, 6.45) is 0. The summed E-state index contributed by atoms with van der Waals surface area (Å²) in [5.74, 6) is 0.181. The number of halogens is 1. The Balaban J connectivity index is 2.58. The number of aromatic nitrogens is 4. The second-order valence-corrected chi connectivity index (χ2v) is 3.67. The predicted molar refractivity (Wildman–Crippen MR) is 56.5 cm³/mol. The molecule has 6 heteroatoms. The summed E-state index contributed by atoms with van der Waals surface area (Å²) in [6.45, 7) is 3.64. The first-order valence-corrected chi connectivity index (χ1v) is 4.90. The summed E-state index contributed by atoms with van der Waals surface area (Å²) in [4.78, 5) is 0. The lowest BCUT2D eigenvalue weighted by atomic mass is 10.2. The summed E-state index contributed by atoms with van der Waals surface area (Å²) >= 11 is 0. The molecular formula is C10H12FN5. The Morgan fingerprint density at radius 3 is 2.88 bits per heavy atom. The number of hydrogen-bond donors (Lipinski definition) is 1. The van der Waals surface area contributed by atoms with Gasteiger partial charge in [0.25, 0.3) is 0 Å². The second-order valence-electron chi connectivity index (χ2n) is 3.67. The quantitative estimate of drug-likeness (QED) is 0.825. The second kappa shape index (κ2) is 3.97. The topological polar surface area (TPSA) is 69.6 Å². The average Bonchev–Trinajstić information content (AvgIpc) is 2.70. The number of benzene rings is 1. The van der Waals surface area contributed by atoms with Gasteiger partial charge in [0.1, 0.15) is 5.82 Å². The van der Waals surface area contributed by atoms with Gasteiger partial charge in [-0.25, -0.2) is 4.39 Å². The summed E-state index contributed by atoms with van der Waals surface area (Å²) in [5.41, 5.74) is 7.22. The van der Waals surface area contributed by atoms with E-state index in [1.165, 1.54) is 16.8 Å². The molecule has 0 bridgehead atoms. The molecule has 0 aliphatic heterocycles. The minimum absolute atomic E-state index is 0.308. The molecule has 1 aromatic heterocycles. The molecular weight excluding hydrogens is 209 g/mol. The van der Waals surface area contributed by atoms with Crippen molar-refractivity contribution >= 4 is 0 Å². The van der Waals surface area contributed by atoms with Crippen LogP contribution in [0.2, 0.25) is 0 Å². The smallest absolute Gasteiger partial charge is 0.173 e. The van der Waals surface area contributed by atoms with E-state index in [0.717, 1.165) is 5.56 Å². The number of nitrogens with zero attached hydrogens (tertiary/aromatic N) is 4. The zero-order valence-corrected chi connectivity index (χ0v) is 9.05. The lowest BCUT2D eigenvalue weighted by Crippen LogP contribution is -2.14. The predicted octanol–water partition coefficient (Wildman–Crippen LogP) is 1.13. The van der Waals surface area contributed by atoms with Crippen LogP contribution in [0, 0.1) is 12.7 Å². The Labute approximate surface area is 92.1 Å². The molecule has 2 N–H and O–H groups in total. The first-order valence-electron chi connectivity index (χ1n) is 4.90. The van der Waals surface area contributed by atoms with Crippen LogP contribution in [0.3, 0.4) is 0 Å². The van der Waals surface area contributed by atoms with Crippen molar-refractivity contribution in [2.75, 3.05) is 0 Å². The van der Waals surface area contributed by atoms with Crippen molar-refractivity contribution in [1.82, 2.24) is 20.2 Å². The van der Waals surface area contributed by atoms with Gasteiger partial charge in [0.05, 0.1) is 11.7 Å². The summed E-state index contributed by atoms with van der Waals surface area (Å²) in [7, 11) is 0. The van der Waals surface area contributed by atoms with E-state index >= 15 is 0 Å². The maximum Gasteiger partial charge on any atom is 0.173 e. The Kier molecular flexibility index (Phi) is 2.66. The molecule has 1 aromatic carbocycles. The number of rotatable bonds is 2. The van der Waals surface area contributed by atoms with Gasteiger partial charge < -0.3 is 5.73 Å². The van der Waals surface area contributed by atoms with Gasteiger partial charge in [0.15, 0.2) is 5.82 Å². The molecule has 1 heterocycles. The molecule has 0 aliphatic rings. The van der Waals surface area contributed by atoms with E-state index in [1.807, 2.05) is 6.92 Å². The Morgan fingerprint density at radius 1 is 1.44 bits per heavy atom. The highest BCUT2D eigenvalue weighted by Gasteiger charge is 2.14. The van der Waals surface area contributed by atoms with Gasteiger partial charge in [0, 0.05) is 0 Å². The van der Waals surface area contributed by atoms with E-state index in [1.54, 1.807) is 13.0 Å². The van der Waals surface area contributed by atoms with Gasteiger partial charge in [-0.1, -0.05) is 6.07 Å². The molecule has 2 aromatic rings. The summed E-state index contributed by atoms with van der Waals surface area (Å²) in [6, 6.07) is 4.15. The molecule has 1 unspecified atom stereocenters. The summed E-state index contributed by atoms with van der Waals surface area (Å²) < 4.78 is 14.6. The fourth-order valence-corrected chi connectivity index (χ4v) is 1.46. The van der Waals surface area contributed by atoms with E-state index in [4.69, 9.17) is 5.73 Å². The maximum absolute atomic E-state index is 13.2. The van der Waals surface area contributed by atoms with Crippen molar-refractivity contribution in [3.8, 4) is 5.69 Å². The molecule has 2 rings (SSSR count). The van der Waals surface area contributed by atoms with Gasteiger partial charge in [0.2, 0.25) is 0 Å². The van der Waals surface area contributed by atoms with Crippen molar-refractivity contribution < 1.29 is 4.39 Å². The monoisotopic (exact) mass is 221 g/mol. The largest absolute Gasteiger partial charge is 0.321 e. The van der Waals surface area contributed by atoms with Crippen molar-refractivity contribution in [2.24, 2.45) is 5.73 Å². The number of tetrazole rings is 1. The van der Waals surface area contributed by atoms with Gasteiger partial charge in [-0.15, -0.1) is 5.10 Å². The molecule has 16 heavy (non-hydrogen) atoms. The third kappa shape index (κ3) is 1.79. The lowest BCUT2D eigenvalue weighted by molar-refractivity contribution is 0.620. The zero-order chi connectivity index (χ0) is 11.7. The molecule has 84 valence electrons. The third-order valence-corrected chi connectivity index (χ3v) is 2.30. The first-order chi connectivity index (χ1) is 7.59. The van der Waals surface area contributed by atoms with Gasteiger partial charge in [-0.05, 0) is 42.0 Å².